The quantitative estimate of drug-likeness (QED) is 0.536. The van der Waals surface area contributed by atoms with Gasteiger partial charge in [0.15, 0.2) is 0 Å². The summed E-state index contributed by atoms with van der Waals surface area (Å²) >= 11 is 0. The number of benzene rings is 2. The van der Waals surface area contributed by atoms with Gasteiger partial charge in [0.25, 0.3) is 0 Å². The Morgan fingerprint density at radius 2 is 1.46 bits per heavy atom. The van der Waals surface area contributed by atoms with Crippen LogP contribution in [0.2, 0.25) is 0 Å². The molecule has 0 fully saturated rings. The molecule has 0 amide bonds. The van der Waals surface area contributed by atoms with E-state index in [1.165, 1.54) is 82.5 Å². The fraction of sp³-hybridized carbons (Fsp3) is 0.333. The third kappa shape index (κ3) is 2.86. The zero-order valence-electron chi connectivity index (χ0n) is 14.6. The summed E-state index contributed by atoms with van der Waals surface area (Å²) in [6.07, 6.45) is 16.6. The first kappa shape index (κ1) is 15.4. The van der Waals surface area contributed by atoms with Crippen LogP contribution in [-0.4, -0.2) is 0 Å². The number of allylic oxidation sites excluding steroid dienone is 1. The molecule has 2 aliphatic carbocycles. The maximum atomic E-state index is 2.43. The van der Waals surface area contributed by atoms with E-state index in [9.17, 15) is 0 Å². The molecule has 0 N–H and O–H groups in total. The minimum atomic E-state index is 1.22. The summed E-state index contributed by atoms with van der Waals surface area (Å²) in [7, 11) is 0. The Bertz CT molecular complexity index is 989. The van der Waals surface area contributed by atoms with E-state index < -0.39 is 0 Å². The number of hydrogen-bond acceptors (Lipinski definition) is 0. The van der Waals surface area contributed by atoms with Gasteiger partial charge < -0.3 is 0 Å². The average molecular weight is 314 g/mol. The van der Waals surface area contributed by atoms with Gasteiger partial charge in [0.2, 0.25) is 0 Å². The van der Waals surface area contributed by atoms with Gasteiger partial charge in [0.05, 0.1) is 0 Å². The molecule has 4 rings (SSSR count). The van der Waals surface area contributed by atoms with Crippen LogP contribution in [0.15, 0.2) is 42.0 Å². The molecule has 0 nitrogen and oxygen atoms in total. The Hall–Kier alpha value is -2.08. The van der Waals surface area contributed by atoms with E-state index >= 15 is 0 Å². The lowest BCUT2D eigenvalue weighted by molar-refractivity contribution is 0.609. The third-order valence-corrected chi connectivity index (χ3v) is 5.36. The highest BCUT2D eigenvalue weighted by atomic mass is 14.2. The fourth-order valence-corrected chi connectivity index (χ4v) is 4.03. The van der Waals surface area contributed by atoms with Gasteiger partial charge in [-0.15, -0.1) is 0 Å². The topological polar surface area (TPSA) is 0 Å². The highest BCUT2D eigenvalue weighted by molar-refractivity contribution is 5.79. The predicted octanol–water partition coefficient (Wildman–Crippen LogP) is 5.04. The molecule has 0 aliphatic heterocycles. The van der Waals surface area contributed by atoms with Gasteiger partial charge in [-0.1, -0.05) is 87.6 Å². The van der Waals surface area contributed by atoms with Crippen molar-refractivity contribution < 1.29 is 0 Å². The maximum Gasteiger partial charge on any atom is -0.00929 e. The minimum absolute atomic E-state index is 1.22. The molecule has 122 valence electrons. The Morgan fingerprint density at radius 1 is 0.625 bits per heavy atom. The Kier molecular flexibility index (Phi) is 4.38. The van der Waals surface area contributed by atoms with Crippen LogP contribution in [0, 0.1) is 10.4 Å². The van der Waals surface area contributed by atoms with Crippen molar-refractivity contribution in [1.29, 1.82) is 0 Å². The van der Waals surface area contributed by atoms with E-state index in [1.807, 2.05) is 0 Å². The zero-order chi connectivity index (χ0) is 16.4. The van der Waals surface area contributed by atoms with Gasteiger partial charge in [-0.25, -0.2) is 0 Å². The van der Waals surface area contributed by atoms with Gasteiger partial charge >= 0.3 is 0 Å². The van der Waals surface area contributed by atoms with E-state index in [0.29, 0.717) is 0 Å². The van der Waals surface area contributed by atoms with Crippen LogP contribution in [0.1, 0.15) is 63.0 Å². The van der Waals surface area contributed by atoms with E-state index in [0.717, 1.165) is 0 Å². The predicted molar refractivity (Wildman–Crippen MR) is 104 cm³/mol. The summed E-state index contributed by atoms with van der Waals surface area (Å²) < 4.78 is 0. The zero-order valence-corrected chi connectivity index (χ0v) is 14.6. The number of hydrogen-bond donors (Lipinski definition) is 0. The lowest BCUT2D eigenvalue weighted by atomic mass is 10.0. The first-order valence-electron chi connectivity index (χ1n) is 9.53. The summed E-state index contributed by atoms with van der Waals surface area (Å²) in [5, 5.41) is 5.54. The molecule has 2 aromatic rings. The van der Waals surface area contributed by atoms with Crippen molar-refractivity contribution in [2.75, 3.05) is 0 Å². The lowest BCUT2D eigenvalue weighted by Crippen LogP contribution is -2.03. The van der Waals surface area contributed by atoms with Gasteiger partial charge in [-0.3, -0.25) is 0 Å². The standard InChI is InChI=1S/C24H26/c1-2-3-4-5-6-7-10-18-15-20-13-14-22-21-12-9-8-11-19(21)17-24(22)23(20)16-18/h8-9,11-17H,2-7,10H2,1H3. The van der Waals surface area contributed by atoms with Crippen molar-refractivity contribution in [3.8, 4) is 0 Å². The smallest absolute Gasteiger partial charge is 0.00929 e. The maximum absolute atomic E-state index is 2.43. The molecule has 0 unspecified atom stereocenters. The van der Waals surface area contributed by atoms with Crippen LogP contribution >= 0.6 is 0 Å². The Balaban J connectivity index is 1.54. The molecule has 0 aromatic heterocycles. The molecular formula is C24H26. The van der Waals surface area contributed by atoms with Gasteiger partial charge in [-0.05, 0) is 56.5 Å². The van der Waals surface area contributed by atoms with E-state index in [4.69, 9.17) is 0 Å². The van der Waals surface area contributed by atoms with Crippen LogP contribution in [-0.2, 0) is 0 Å². The summed E-state index contributed by atoms with van der Waals surface area (Å²) in [5.41, 5.74) is 4.37. The number of fused-ring (bicyclic) bond motifs is 4. The molecule has 0 radical (unpaired) electrons. The van der Waals surface area contributed by atoms with Crippen LogP contribution in [0.25, 0.3) is 18.2 Å². The molecule has 0 saturated heterocycles. The first-order valence-corrected chi connectivity index (χ1v) is 9.53. The van der Waals surface area contributed by atoms with Crippen molar-refractivity contribution in [1.82, 2.24) is 0 Å². The molecule has 0 saturated carbocycles. The fourth-order valence-electron chi connectivity index (χ4n) is 4.03. The highest BCUT2D eigenvalue weighted by Crippen LogP contribution is 2.23. The second-order valence-electron chi connectivity index (χ2n) is 7.14. The molecule has 0 spiro atoms. The normalized spacial score (nSPS) is 13.6. The van der Waals surface area contributed by atoms with E-state index in [2.05, 4.69) is 61.5 Å². The molecular weight excluding hydrogens is 288 g/mol. The largest absolute Gasteiger partial charge is 0.0654 e. The molecule has 2 aromatic carbocycles. The Morgan fingerprint density at radius 3 is 2.38 bits per heavy atom. The summed E-state index contributed by atoms with van der Waals surface area (Å²) in [6.45, 7) is 2.28. The summed E-state index contributed by atoms with van der Waals surface area (Å²) in [6, 6.07) is 13.3. The molecule has 0 heterocycles. The van der Waals surface area contributed by atoms with E-state index in [1.54, 1.807) is 0 Å². The monoisotopic (exact) mass is 314 g/mol. The Labute approximate surface area is 144 Å². The SMILES string of the molecule is CCCCCCCCC1=Cc2c3c(ccc2=C1)=c1ccccc1=C3. The average Bonchev–Trinajstić information content (AvgIpc) is 3.18. The highest BCUT2D eigenvalue weighted by Gasteiger charge is 2.12. The second-order valence-corrected chi connectivity index (χ2v) is 7.14. The minimum Gasteiger partial charge on any atom is -0.0654 e. The van der Waals surface area contributed by atoms with Crippen molar-refractivity contribution in [2.24, 2.45) is 0 Å². The molecule has 0 bridgehead atoms. The van der Waals surface area contributed by atoms with Crippen molar-refractivity contribution >= 4 is 18.2 Å². The van der Waals surface area contributed by atoms with Crippen LogP contribution in [0.4, 0.5) is 0 Å². The second kappa shape index (κ2) is 6.81. The summed E-state index contributed by atoms with van der Waals surface area (Å²) in [5.74, 6) is 0. The van der Waals surface area contributed by atoms with E-state index in [-0.39, 0.29) is 0 Å². The lowest BCUT2D eigenvalue weighted by Gasteiger charge is -2.01. The van der Waals surface area contributed by atoms with Crippen LogP contribution < -0.4 is 10.4 Å². The van der Waals surface area contributed by atoms with Gasteiger partial charge in [0, 0.05) is 0 Å². The van der Waals surface area contributed by atoms with Gasteiger partial charge in [0.1, 0.15) is 0 Å². The van der Waals surface area contributed by atoms with Crippen molar-refractivity contribution in [3.05, 3.63) is 74.0 Å². The summed E-state index contributed by atoms with van der Waals surface area (Å²) in [4.78, 5) is 0. The molecule has 0 atom stereocenters. The molecule has 0 heteroatoms. The molecule has 24 heavy (non-hydrogen) atoms. The molecule has 2 aliphatic rings. The van der Waals surface area contributed by atoms with Crippen LogP contribution in [0.3, 0.4) is 0 Å². The number of rotatable bonds is 7. The number of unbranched alkanes of at least 4 members (excludes halogenated alkanes) is 5. The van der Waals surface area contributed by atoms with Crippen molar-refractivity contribution in [3.63, 3.8) is 0 Å². The van der Waals surface area contributed by atoms with Crippen molar-refractivity contribution in [2.45, 2.75) is 51.9 Å². The first-order chi connectivity index (χ1) is 11.9. The van der Waals surface area contributed by atoms with Gasteiger partial charge in [-0.2, -0.15) is 0 Å². The third-order valence-electron chi connectivity index (χ3n) is 5.36. The van der Waals surface area contributed by atoms with Crippen LogP contribution in [0.5, 0.6) is 0 Å².